The van der Waals surface area contributed by atoms with Gasteiger partial charge in [0.1, 0.15) is 0 Å². The van der Waals surface area contributed by atoms with Gasteiger partial charge in [-0.15, -0.1) is 11.3 Å². The molecule has 2 nitrogen and oxygen atoms in total. The minimum atomic E-state index is 1.12. The van der Waals surface area contributed by atoms with Crippen molar-refractivity contribution in [3.8, 4) is 11.1 Å². The second kappa shape index (κ2) is 13.1. The average molecular weight is 695 g/mol. The molecule has 0 atom stereocenters. The van der Waals surface area contributed by atoms with Crippen LogP contribution in [0, 0.1) is 0 Å². The van der Waals surface area contributed by atoms with Crippen molar-refractivity contribution >= 4 is 87.2 Å². The Balaban J connectivity index is 1.04. The molecule has 0 aliphatic heterocycles. The molecule has 0 fully saturated rings. The van der Waals surface area contributed by atoms with Crippen LogP contribution in [0.2, 0.25) is 0 Å². The van der Waals surface area contributed by atoms with Gasteiger partial charge >= 0.3 is 0 Å². The van der Waals surface area contributed by atoms with Gasteiger partial charge < -0.3 is 9.80 Å². The fourth-order valence-electron chi connectivity index (χ4n) is 7.70. The summed E-state index contributed by atoms with van der Waals surface area (Å²) in [5.74, 6) is 0. The molecule has 0 unspecified atom stereocenters. The SMILES string of the molecule is c1ccc(N(c2ccc(-c3ccc(N(c4ccc5c(c4)sc4ccccc45)c4cccc5ccccc45)cc3)cc2)c2cccc3ccccc23)cc1. The van der Waals surface area contributed by atoms with E-state index in [1.165, 1.54) is 52.8 Å². The summed E-state index contributed by atoms with van der Waals surface area (Å²) < 4.78 is 2.61. The number of rotatable bonds is 7. The van der Waals surface area contributed by atoms with Crippen LogP contribution in [0.15, 0.2) is 206 Å². The molecule has 0 saturated carbocycles. The molecule has 3 heteroatoms. The first kappa shape index (κ1) is 31.1. The molecule has 0 bridgehead atoms. The maximum Gasteiger partial charge on any atom is 0.0540 e. The summed E-state index contributed by atoms with van der Waals surface area (Å²) in [6.07, 6.45) is 0. The Morgan fingerprint density at radius 1 is 0.283 bits per heavy atom. The van der Waals surface area contributed by atoms with E-state index in [1.54, 1.807) is 0 Å². The molecule has 0 saturated heterocycles. The summed E-state index contributed by atoms with van der Waals surface area (Å²) in [5.41, 5.74) is 9.18. The fraction of sp³-hybridized carbons (Fsp3) is 0. The molecule has 0 aliphatic carbocycles. The lowest BCUT2D eigenvalue weighted by Crippen LogP contribution is -2.10. The summed E-state index contributed by atoms with van der Waals surface area (Å²) in [7, 11) is 0. The molecule has 250 valence electrons. The van der Waals surface area contributed by atoms with Crippen molar-refractivity contribution in [2.75, 3.05) is 9.80 Å². The molecule has 0 aliphatic rings. The summed E-state index contributed by atoms with van der Waals surface area (Å²) in [6, 6.07) is 74.6. The lowest BCUT2D eigenvalue weighted by atomic mass is 10.0. The van der Waals surface area contributed by atoms with Gasteiger partial charge in [-0.1, -0.05) is 140 Å². The van der Waals surface area contributed by atoms with Gasteiger partial charge in [0, 0.05) is 53.7 Å². The predicted octanol–water partition coefficient (Wildman–Crippen LogP) is 15.0. The number of benzene rings is 9. The number of hydrogen-bond donors (Lipinski definition) is 0. The number of anilines is 6. The lowest BCUT2D eigenvalue weighted by molar-refractivity contribution is 1.30. The summed E-state index contributed by atoms with van der Waals surface area (Å²) >= 11 is 1.86. The van der Waals surface area contributed by atoms with Crippen molar-refractivity contribution in [1.29, 1.82) is 0 Å². The number of fused-ring (bicyclic) bond motifs is 5. The third-order valence-corrected chi connectivity index (χ3v) is 11.4. The van der Waals surface area contributed by atoms with E-state index in [0.717, 1.165) is 34.1 Å². The van der Waals surface area contributed by atoms with E-state index in [9.17, 15) is 0 Å². The zero-order valence-electron chi connectivity index (χ0n) is 28.9. The van der Waals surface area contributed by atoms with E-state index in [4.69, 9.17) is 0 Å². The van der Waals surface area contributed by atoms with Gasteiger partial charge in [0.25, 0.3) is 0 Å². The van der Waals surface area contributed by atoms with Crippen LogP contribution in [0.25, 0.3) is 52.8 Å². The van der Waals surface area contributed by atoms with E-state index >= 15 is 0 Å². The van der Waals surface area contributed by atoms with E-state index in [1.807, 2.05) is 11.3 Å². The zero-order valence-corrected chi connectivity index (χ0v) is 29.7. The Kier molecular flexibility index (Phi) is 7.71. The highest BCUT2D eigenvalue weighted by molar-refractivity contribution is 7.25. The van der Waals surface area contributed by atoms with Gasteiger partial charge in [-0.3, -0.25) is 0 Å². The van der Waals surface area contributed by atoms with E-state index in [0.29, 0.717) is 0 Å². The zero-order chi connectivity index (χ0) is 35.1. The molecular weight excluding hydrogens is 661 g/mol. The summed E-state index contributed by atoms with van der Waals surface area (Å²) in [4.78, 5) is 4.76. The number of thiophene rings is 1. The van der Waals surface area contributed by atoms with Crippen molar-refractivity contribution in [1.82, 2.24) is 0 Å². The Morgan fingerprint density at radius 2 is 0.717 bits per heavy atom. The van der Waals surface area contributed by atoms with E-state index in [-0.39, 0.29) is 0 Å². The molecule has 1 aromatic heterocycles. The normalized spacial score (nSPS) is 11.4. The van der Waals surface area contributed by atoms with Crippen LogP contribution in [0.3, 0.4) is 0 Å². The second-order valence-corrected chi connectivity index (χ2v) is 14.5. The van der Waals surface area contributed by atoms with Gasteiger partial charge in [-0.25, -0.2) is 0 Å². The minimum absolute atomic E-state index is 1.12. The molecule has 9 aromatic carbocycles. The first-order chi connectivity index (χ1) is 26.3. The van der Waals surface area contributed by atoms with Crippen LogP contribution in [-0.2, 0) is 0 Å². The quantitative estimate of drug-likeness (QED) is 0.164. The van der Waals surface area contributed by atoms with Gasteiger partial charge in [-0.2, -0.15) is 0 Å². The molecule has 1 heterocycles. The highest BCUT2D eigenvalue weighted by atomic mass is 32.1. The van der Waals surface area contributed by atoms with Crippen molar-refractivity contribution < 1.29 is 0 Å². The van der Waals surface area contributed by atoms with Crippen molar-refractivity contribution in [2.24, 2.45) is 0 Å². The van der Waals surface area contributed by atoms with Gasteiger partial charge in [0.2, 0.25) is 0 Å². The Hall–Kier alpha value is -6.68. The third kappa shape index (κ3) is 5.59. The van der Waals surface area contributed by atoms with Gasteiger partial charge in [0.15, 0.2) is 0 Å². The van der Waals surface area contributed by atoms with Crippen LogP contribution in [0.1, 0.15) is 0 Å². The molecule has 0 radical (unpaired) electrons. The fourth-order valence-corrected chi connectivity index (χ4v) is 8.84. The monoisotopic (exact) mass is 694 g/mol. The summed E-state index contributed by atoms with van der Waals surface area (Å²) in [6.45, 7) is 0. The molecule has 0 N–H and O–H groups in total. The Morgan fingerprint density at radius 3 is 1.32 bits per heavy atom. The standard InChI is InChI=1S/C50H34N2S/c1-2-16-39(17-3-1)51(47-21-10-14-37-12-4-6-18-43(37)47)40-28-24-35(25-29-40)36-26-30-41(31-27-36)52(48-22-11-15-38-13-5-7-19-44(38)48)42-32-33-46-45-20-8-9-23-49(45)53-50(46)34-42/h1-34H. The topological polar surface area (TPSA) is 6.48 Å². The number of nitrogens with zero attached hydrogens (tertiary/aromatic N) is 2. The second-order valence-electron chi connectivity index (χ2n) is 13.4. The smallest absolute Gasteiger partial charge is 0.0540 e. The molecule has 10 rings (SSSR count). The van der Waals surface area contributed by atoms with Crippen LogP contribution in [0.4, 0.5) is 34.1 Å². The van der Waals surface area contributed by atoms with Gasteiger partial charge in [-0.05, 0) is 88.6 Å². The van der Waals surface area contributed by atoms with E-state index < -0.39 is 0 Å². The van der Waals surface area contributed by atoms with Crippen LogP contribution in [0.5, 0.6) is 0 Å². The van der Waals surface area contributed by atoms with Crippen molar-refractivity contribution in [2.45, 2.75) is 0 Å². The van der Waals surface area contributed by atoms with Crippen LogP contribution < -0.4 is 9.80 Å². The Bertz CT molecular complexity index is 2880. The number of hydrogen-bond acceptors (Lipinski definition) is 3. The molecule has 53 heavy (non-hydrogen) atoms. The summed E-state index contributed by atoms with van der Waals surface area (Å²) in [5, 5.41) is 7.51. The largest absolute Gasteiger partial charge is 0.310 e. The molecule has 10 aromatic rings. The molecular formula is C50H34N2S. The van der Waals surface area contributed by atoms with Crippen molar-refractivity contribution in [3.63, 3.8) is 0 Å². The minimum Gasteiger partial charge on any atom is -0.310 e. The maximum absolute atomic E-state index is 2.40. The average Bonchev–Trinajstić information content (AvgIpc) is 3.60. The highest BCUT2D eigenvalue weighted by Crippen LogP contribution is 2.44. The number of para-hydroxylation sites is 1. The predicted molar refractivity (Wildman–Crippen MR) is 229 cm³/mol. The van der Waals surface area contributed by atoms with E-state index in [2.05, 4.69) is 216 Å². The van der Waals surface area contributed by atoms with Gasteiger partial charge in [0.05, 0.1) is 11.4 Å². The highest BCUT2D eigenvalue weighted by Gasteiger charge is 2.18. The van der Waals surface area contributed by atoms with Crippen molar-refractivity contribution in [3.05, 3.63) is 206 Å². The first-order valence-corrected chi connectivity index (χ1v) is 18.8. The molecule has 0 spiro atoms. The lowest BCUT2D eigenvalue weighted by Gasteiger charge is -2.27. The van der Waals surface area contributed by atoms with Crippen LogP contribution in [-0.4, -0.2) is 0 Å². The Labute approximate surface area is 313 Å². The van der Waals surface area contributed by atoms with Crippen LogP contribution >= 0.6 is 11.3 Å². The first-order valence-electron chi connectivity index (χ1n) is 18.0. The third-order valence-electron chi connectivity index (χ3n) is 10.2. The maximum atomic E-state index is 2.40. The molecule has 0 amide bonds.